The average molecular weight is 251 g/mol. The minimum Gasteiger partial charge on any atom is -0.504 e. The highest BCUT2D eigenvalue weighted by Gasteiger charge is 2.42. The van der Waals surface area contributed by atoms with Crippen molar-refractivity contribution in [1.29, 1.82) is 0 Å². The molecule has 1 aliphatic rings. The zero-order valence-corrected chi connectivity index (χ0v) is 10.5. The standard InChI is InChI=1S/C13H17NO4/c1-3-13(17)7-14(8-13)12(16)9-4-5-11(18-2)10(15)6-9/h4-6,15,17H,3,7-8H2,1-2H3. The molecule has 98 valence electrons. The number of aromatic hydroxyl groups is 1. The summed E-state index contributed by atoms with van der Waals surface area (Å²) in [4.78, 5) is 13.6. The number of carbonyl (C=O) groups excluding carboxylic acids is 1. The van der Waals surface area contributed by atoms with Gasteiger partial charge < -0.3 is 19.8 Å². The number of phenolic OH excluding ortho intramolecular Hbond substituents is 1. The fraction of sp³-hybridized carbons (Fsp3) is 0.462. The molecule has 1 fully saturated rings. The second-order valence-electron chi connectivity index (χ2n) is 4.63. The number of hydrogen-bond acceptors (Lipinski definition) is 4. The quantitative estimate of drug-likeness (QED) is 0.840. The number of rotatable bonds is 3. The first-order valence-electron chi connectivity index (χ1n) is 5.88. The number of likely N-dealkylation sites (tertiary alicyclic amines) is 1. The van der Waals surface area contributed by atoms with Crippen molar-refractivity contribution in [3.8, 4) is 11.5 Å². The fourth-order valence-electron chi connectivity index (χ4n) is 2.04. The van der Waals surface area contributed by atoms with E-state index < -0.39 is 5.60 Å². The minimum absolute atomic E-state index is 0.0605. The van der Waals surface area contributed by atoms with Crippen LogP contribution in [0.1, 0.15) is 23.7 Å². The van der Waals surface area contributed by atoms with Crippen molar-refractivity contribution < 1.29 is 19.7 Å². The molecule has 0 aromatic heterocycles. The van der Waals surface area contributed by atoms with Crippen LogP contribution in [0.25, 0.3) is 0 Å². The van der Waals surface area contributed by atoms with E-state index in [1.165, 1.54) is 13.2 Å². The lowest BCUT2D eigenvalue weighted by atomic mass is 9.90. The number of methoxy groups -OCH3 is 1. The lowest BCUT2D eigenvalue weighted by Gasteiger charge is -2.46. The highest BCUT2D eigenvalue weighted by atomic mass is 16.5. The number of phenols is 1. The number of aliphatic hydroxyl groups is 1. The summed E-state index contributed by atoms with van der Waals surface area (Å²) in [6.07, 6.45) is 0.630. The Balaban J connectivity index is 2.09. The molecule has 1 heterocycles. The first kappa shape index (κ1) is 12.7. The highest BCUT2D eigenvalue weighted by Crippen LogP contribution is 2.29. The van der Waals surface area contributed by atoms with Crippen LogP contribution in [0.3, 0.4) is 0 Å². The average Bonchev–Trinajstić information content (AvgIpc) is 2.34. The summed E-state index contributed by atoms with van der Waals surface area (Å²) in [6.45, 7) is 2.57. The number of benzene rings is 1. The smallest absolute Gasteiger partial charge is 0.254 e. The third-order valence-corrected chi connectivity index (χ3v) is 3.34. The number of ether oxygens (including phenoxy) is 1. The van der Waals surface area contributed by atoms with Crippen molar-refractivity contribution in [2.45, 2.75) is 18.9 Å². The van der Waals surface area contributed by atoms with E-state index in [4.69, 9.17) is 4.74 Å². The van der Waals surface area contributed by atoms with Gasteiger partial charge in [-0.1, -0.05) is 6.92 Å². The molecule has 5 nitrogen and oxygen atoms in total. The molecule has 5 heteroatoms. The van der Waals surface area contributed by atoms with Gasteiger partial charge in [-0.25, -0.2) is 0 Å². The number of β-amino-alcohol motifs (C(OH)–C–C–N with tert-alkyl or cyclic N) is 1. The summed E-state index contributed by atoms with van der Waals surface area (Å²) in [5.74, 6) is 0.0842. The van der Waals surface area contributed by atoms with Crippen molar-refractivity contribution in [3.05, 3.63) is 23.8 Å². The Morgan fingerprint density at radius 3 is 2.67 bits per heavy atom. The van der Waals surface area contributed by atoms with Crippen LogP contribution in [0.4, 0.5) is 0 Å². The molecule has 2 N–H and O–H groups in total. The molecule has 1 aromatic carbocycles. The minimum atomic E-state index is -0.746. The van der Waals surface area contributed by atoms with Gasteiger partial charge in [-0.3, -0.25) is 4.79 Å². The number of amides is 1. The third kappa shape index (κ3) is 2.13. The summed E-state index contributed by atoms with van der Waals surface area (Å²) in [6, 6.07) is 4.53. The maximum atomic E-state index is 12.0. The first-order chi connectivity index (χ1) is 8.49. The number of nitrogens with zero attached hydrogens (tertiary/aromatic N) is 1. The van der Waals surface area contributed by atoms with Crippen molar-refractivity contribution in [1.82, 2.24) is 4.90 Å². The summed E-state index contributed by atoms with van der Waals surface area (Å²) in [7, 11) is 1.45. The second kappa shape index (κ2) is 4.49. The summed E-state index contributed by atoms with van der Waals surface area (Å²) >= 11 is 0. The Morgan fingerprint density at radius 2 is 2.17 bits per heavy atom. The van der Waals surface area contributed by atoms with Crippen LogP contribution in [-0.2, 0) is 0 Å². The Morgan fingerprint density at radius 1 is 1.50 bits per heavy atom. The van der Waals surface area contributed by atoms with Gasteiger partial charge in [-0.15, -0.1) is 0 Å². The molecule has 1 amide bonds. The Hall–Kier alpha value is -1.75. The van der Waals surface area contributed by atoms with Crippen LogP contribution in [0.15, 0.2) is 18.2 Å². The number of carbonyl (C=O) groups is 1. The molecule has 1 aliphatic heterocycles. The topological polar surface area (TPSA) is 70.0 Å². The second-order valence-corrected chi connectivity index (χ2v) is 4.63. The predicted octanol–water partition coefficient (Wildman–Crippen LogP) is 0.998. The van der Waals surface area contributed by atoms with Gasteiger partial charge in [0.15, 0.2) is 11.5 Å². The van der Waals surface area contributed by atoms with Crippen LogP contribution in [0.5, 0.6) is 11.5 Å². The summed E-state index contributed by atoms with van der Waals surface area (Å²) < 4.78 is 4.92. The molecule has 0 unspecified atom stereocenters. The van der Waals surface area contributed by atoms with Crippen LogP contribution in [0, 0.1) is 0 Å². The monoisotopic (exact) mass is 251 g/mol. The van der Waals surface area contributed by atoms with Crippen LogP contribution in [-0.4, -0.2) is 46.8 Å². The largest absolute Gasteiger partial charge is 0.504 e. The van der Waals surface area contributed by atoms with E-state index in [2.05, 4.69) is 0 Å². The van der Waals surface area contributed by atoms with Crippen LogP contribution >= 0.6 is 0 Å². The van der Waals surface area contributed by atoms with Crippen molar-refractivity contribution in [3.63, 3.8) is 0 Å². The van der Waals surface area contributed by atoms with Gasteiger partial charge in [0.05, 0.1) is 25.8 Å². The Bertz CT molecular complexity index is 466. The van der Waals surface area contributed by atoms with E-state index in [1.54, 1.807) is 17.0 Å². The van der Waals surface area contributed by atoms with Crippen molar-refractivity contribution in [2.24, 2.45) is 0 Å². The molecule has 0 bridgehead atoms. The maximum Gasteiger partial charge on any atom is 0.254 e. The van der Waals surface area contributed by atoms with Gasteiger partial charge >= 0.3 is 0 Å². The van der Waals surface area contributed by atoms with Gasteiger partial charge in [-0.05, 0) is 24.6 Å². The lowest BCUT2D eigenvalue weighted by molar-refractivity contribution is -0.0826. The van der Waals surface area contributed by atoms with E-state index in [-0.39, 0.29) is 11.7 Å². The molecule has 1 saturated heterocycles. The zero-order valence-electron chi connectivity index (χ0n) is 10.5. The first-order valence-corrected chi connectivity index (χ1v) is 5.88. The summed E-state index contributed by atoms with van der Waals surface area (Å²) in [5, 5.41) is 19.5. The SMILES string of the molecule is CCC1(O)CN(C(=O)c2ccc(OC)c(O)c2)C1. The molecule has 1 aromatic rings. The van der Waals surface area contributed by atoms with Gasteiger partial charge in [0.1, 0.15) is 0 Å². The molecule has 18 heavy (non-hydrogen) atoms. The normalized spacial score (nSPS) is 17.2. The van der Waals surface area contributed by atoms with Crippen molar-refractivity contribution in [2.75, 3.05) is 20.2 Å². The molecular formula is C13H17NO4. The Labute approximate surface area is 106 Å². The van der Waals surface area contributed by atoms with Gasteiger partial charge in [0, 0.05) is 5.56 Å². The van der Waals surface area contributed by atoms with E-state index >= 15 is 0 Å². The number of hydrogen-bond donors (Lipinski definition) is 2. The Kier molecular flexibility index (Phi) is 3.17. The molecule has 0 radical (unpaired) electrons. The molecule has 0 saturated carbocycles. The summed E-state index contributed by atoms with van der Waals surface area (Å²) in [5.41, 5.74) is -0.351. The fourth-order valence-corrected chi connectivity index (χ4v) is 2.04. The predicted molar refractivity (Wildman–Crippen MR) is 65.8 cm³/mol. The molecule has 2 rings (SSSR count). The van der Waals surface area contributed by atoms with E-state index in [1.807, 2.05) is 6.92 Å². The van der Waals surface area contributed by atoms with E-state index in [0.29, 0.717) is 30.8 Å². The molecule has 0 atom stereocenters. The van der Waals surface area contributed by atoms with Crippen LogP contribution < -0.4 is 4.74 Å². The maximum absolute atomic E-state index is 12.0. The van der Waals surface area contributed by atoms with E-state index in [0.717, 1.165) is 0 Å². The van der Waals surface area contributed by atoms with E-state index in [9.17, 15) is 15.0 Å². The van der Waals surface area contributed by atoms with Gasteiger partial charge in [0.25, 0.3) is 5.91 Å². The third-order valence-electron chi connectivity index (χ3n) is 3.34. The zero-order chi connectivity index (χ0) is 13.3. The molecule has 0 aliphatic carbocycles. The van der Waals surface area contributed by atoms with Gasteiger partial charge in [0.2, 0.25) is 0 Å². The van der Waals surface area contributed by atoms with Crippen molar-refractivity contribution >= 4 is 5.91 Å². The highest BCUT2D eigenvalue weighted by molar-refractivity contribution is 5.95. The molecule has 0 spiro atoms. The molecular weight excluding hydrogens is 234 g/mol. The van der Waals surface area contributed by atoms with Gasteiger partial charge in [-0.2, -0.15) is 0 Å². The lowest BCUT2D eigenvalue weighted by Crippen LogP contribution is -2.63. The van der Waals surface area contributed by atoms with Crippen LogP contribution in [0.2, 0.25) is 0 Å².